The maximum Gasteiger partial charge on any atom is 0.258 e. The summed E-state index contributed by atoms with van der Waals surface area (Å²) in [6.45, 7) is 1.30. The van der Waals surface area contributed by atoms with Crippen LogP contribution in [0.5, 0.6) is 0 Å². The summed E-state index contributed by atoms with van der Waals surface area (Å²) in [7, 11) is 0. The smallest absolute Gasteiger partial charge is 0.258 e. The molecule has 1 aromatic rings. The number of hydrogen-bond acceptors (Lipinski definition) is 3. The second-order valence-corrected chi connectivity index (χ2v) is 2.88. The van der Waals surface area contributed by atoms with Gasteiger partial charge < -0.3 is 5.32 Å². The number of nitrogens with one attached hydrogen (secondary N) is 1. The molecule has 0 aliphatic heterocycles. The molecule has 78 valence electrons. The van der Waals surface area contributed by atoms with Gasteiger partial charge in [-0.2, -0.15) is 0 Å². The average Bonchev–Trinajstić information content (AvgIpc) is 2.17. The molecule has 15 heavy (non-hydrogen) atoms. The van der Waals surface area contributed by atoms with Crippen LogP contribution in [-0.2, 0) is 4.79 Å². The summed E-state index contributed by atoms with van der Waals surface area (Å²) in [4.78, 5) is 20.6. The van der Waals surface area contributed by atoms with Crippen molar-refractivity contribution < 1.29 is 9.72 Å². The molecule has 1 amide bonds. The fourth-order valence-corrected chi connectivity index (χ4v) is 1.09. The number of hydrogen-bond donors (Lipinski definition) is 1. The van der Waals surface area contributed by atoms with Crippen LogP contribution in [0, 0.1) is 10.1 Å². The molecular weight excluding hydrogens is 196 g/mol. The molecule has 1 N–H and O–H groups in total. The Bertz CT molecular complexity index is 398. The Hall–Kier alpha value is -2.17. The van der Waals surface area contributed by atoms with Crippen LogP contribution in [0.4, 0.5) is 0 Å². The third kappa shape index (κ3) is 3.60. The highest BCUT2D eigenvalue weighted by Gasteiger charge is 2.07. The van der Waals surface area contributed by atoms with Crippen molar-refractivity contribution in [3.8, 4) is 0 Å². The minimum atomic E-state index is -0.599. The Kier molecular flexibility index (Phi) is 3.56. The molecule has 0 unspecified atom stereocenters. The quantitative estimate of drug-likeness (QED) is 0.600. The molecule has 0 saturated heterocycles. The van der Waals surface area contributed by atoms with Gasteiger partial charge in [-0.1, -0.05) is 30.3 Å². The summed E-state index contributed by atoms with van der Waals surface area (Å²) in [6, 6.07) is 8.65. The van der Waals surface area contributed by atoms with Crippen LogP contribution >= 0.6 is 0 Å². The van der Waals surface area contributed by atoms with Gasteiger partial charge in [0.1, 0.15) is 5.70 Å². The molecule has 0 atom stereocenters. The van der Waals surface area contributed by atoms with Crippen LogP contribution in [0.1, 0.15) is 12.5 Å². The van der Waals surface area contributed by atoms with Crippen LogP contribution in [0.2, 0.25) is 0 Å². The normalized spacial score (nSPS) is 10.9. The number of benzene rings is 1. The lowest BCUT2D eigenvalue weighted by molar-refractivity contribution is -0.401. The van der Waals surface area contributed by atoms with Crippen LogP contribution in [0.3, 0.4) is 0 Å². The van der Waals surface area contributed by atoms with E-state index >= 15 is 0 Å². The van der Waals surface area contributed by atoms with Gasteiger partial charge in [0.25, 0.3) is 6.20 Å². The highest BCUT2D eigenvalue weighted by atomic mass is 16.6. The Labute approximate surface area is 86.6 Å². The first-order valence-corrected chi connectivity index (χ1v) is 4.28. The van der Waals surface area contributed by atoms with Crippen molar-refractivity contribution in [3.63, 3.8) is 0 Å². The zero-order valence-electron chi connectivity index (χ0n) is 8.14. The minimum Gasteiger partial charge on any atom is -0.321 e. The van der Waals surface area contributed by atoms with Gasteiger partial charge in [0.2, 0.25) is 5.91 Å². The summed E-state index contributed by atoms with van der Waals surface area (Å²) in [6.07, 6.45) is 0.775. The fraction of sp³-hybridized carbons (Fsp3) is 0.100. The Morgan fingerprint density at radius 3 is 2.47 bits per heavy atom. The standard InChI is InChI=1S/C10H10N2O3/c1-8(13)11-10(7-12(14)15)9-5-3-2-4-6-9/h2-7H,1H3,(H,11,13). The molecule has 1 rings (SSSR count). The van der Waals surface area contributed by atoms with Gasteiger partial charge in [-0.25, -0.2) is 0 Å². The molecule has 5 nitrogen and oxygen atoms in total. The highest BCUT2D eigenvalue weighted by molar-refractivity contribution is 5.84. The molecule has 0 radical (unpaired) electrons. The van der Waals surface area contributed by atoms with E-state index in [1.54, 1.807) is 30.3 Å². The Balaban J connectivity index is 3.02. The molecule has 1 aromatic carbocycles. The Morgan fingerprint density at radius 1 is 1.40 bits per heavy atom. The van der Waals surface area contributed by atoms with Crippen molar-refractivity contribution in [3.05, 3.63) is 52.2 Å². The topological polar surface area (TPSA) is 72.2 Å². The SMILES string of the molecule is CC(=O)NC(=C[N+](=O)[O-])c1ccccc1. The Morgan fingerprint density at radius 2 is 2.00 bits per heavy atom. The van der Waals surface area contributed by atoms with E-state index in [0.717, 1.165) is 6.20 Å². The fourth-order valence-electron chi connectivity index (χ4n) is 1.09. The van der Waals surface area contributed by atoms with Crippen LogP contribution in [-0.4, -0.2) is 10.8 Å². The molecule has 0 aliphatic carbocycles. The summed E-state index contributed by atoms with van der Waals surface area (Å²) in [5.41, 5.74) is 0.789. The van der Waals surface area contributed by atoms with Gasteiger partial charge in [-0.3, -0.25) is 14.9 Å². The molecule has 0 spiro atoms. The van der Waals surface area contributed by atoms with Crippen molar-refractivity contribution in [2.24, 2.45) is 0 Å². The lowest BCUT2D eigenvalue weighted by Crippen LogP contribution is -2.18. The van der Waals surface area contributed by atoms with E-state index in [-0.39, 0.29) is 11.6 Å². The molecule has 0 heterocycles. The zero-order chi connectivity index (χ0) is 11.3. The first-order chi connectivity index (χ1) is 7.09. The van der Waals surface area contributed by atoms with E-state index in [1.165, 1.54) is 6.92 Å². The van der Waals surface area contributed by atoms with Crippen molar-refractivity contribution in [1.29, 1.82) is 0 Å². The van der Waals surface area contributed by atoms with Crippen molar-refractivity contribution >= 4 is 11.6 Å². The first kappa shape index (κ1) is 10.9. The monoisotopic (exact) mass is 206 g/mol. The van der Waals surface area contributed by atoms with Crippen LogP contribution in [0.15, 0.2) is 36.5 Å². The predicted octanol–water partition coefficient (Wildman–Crippen LogP) is 1.40. The molecule has 5 heteroatoms. The second kappa shape index (κ2) is 4.90. The lowest BCUT2D eigenvalue weighted by Gasteiger charge is -2.04. The predicted molar refractivity (Wildman–Crippen MR) is 55.2 cm³/mol. The molecule has 0 bridgehead atoms. The maximum atomic E-state index is 10.8. The first-order valence-electron chi connectivity index (χ1n) is 4.28. The largest absolute Gasteiger partial charge is 0.321 e. The minimum absolute atomic E-state index is 0.188. The highest BCUT2D eigenvalue weighted by Crippen LogP contribution is 2.10. The van der Waals surface area contributed by atoms with E-state index in [2.05, 4.69) is 5.32 Å². The van der Waals surface area contributed by atoms with Gasteiger partial charge >= 0.3 is 0 Å². The number of rotatable bonds is 3. The number of amides is 1. The molecule has 0 aliphatic rings. The van der Waals surface area contributed by atoms with E-state index in [4.69, 9.17) is 0 Å². The number of nitrogens with zero attached hydrogens (tertiary/aromatic N) is 1. The van der Waals surface area contributed by atoms with E-state index in [0.29, 0.717) is 5.56 Å². The number of carbonyl (C=O) groups is 1. The van der Waals surface area contributed by atoms with E-state index in [1.807, 2.05) is 0 Å². The molecule has 0 saturated carbocycles. The summed E-state index contributed by atoms with van der Waals surface area (Å²) < 4.78 is 0. The number of nitro groups is 1. The van der Waals surface area contributed by atoms with Crippen molar-refractivity contribution in [2.45, 2.75) is 6.92 Å². The summed E-state index contributed by atoms with van der Waals surface area (Å²) in [5.74, 6) is -0.341. The average molecular weight is 206 g/mol. The molecule has 0 aromatic heterocycles. The summed E-state index contributed by atoms with van der Waals surface area (Å²) in [5, 5.41) is 12.8. The van der Waals surface area contributed by atoms with Gasteiger partial charge in [0.05, 0.1) is 4.92 Å². The lowest BCUT2D eigenvalue weighted by atomic mass is 10.2. The van der Waals surface area contributed by atoms with Gasteiger partial charge in [-0.15, -0.1) is 0 Å². The van der Waals surface area contributed by atoms with Gasteiger partial charge in [0.15, 0.2) is 0 Å². The van der Waals surface area contributed by atoms with Crippen LogP contribution < -0.4 is 5.32 Å². The molecule has 0 fully saturated rings. The second-order valence-electron chi connectivity index (χ2n) is 2.88. The summed E-state index contributed by atoms with van der Waals surface area (Å²) >= 11 is 0. The molecular formula is C10H10N2O3. The third-order valence-electron chi connectivity index (χ3n) is 1.63. The van der Waals surface area contributed by atoms with E-state index in [9.17, 15) is 14.9 Å². The van der Waals surface area contributed by atoms with E-state index < -0.39 is 4.92 Å². The maximum absolute atomic E-state index is 10.8. The number of carbonyl (C=O) groups excluding carboxylic acids is 1. The van der Waals surface area contributed by atoms with Crippen molar-refractivity contribution in [2.75, 3.05) is 0 Å². The van der Waals surface area contributed by atoms with Gasteiger partial charge in [-0.05, 0) is 0 Å². The van der Waals surface area contributed by atoms with Crippen LogP contribution in [0.25, 0.3) is 5.70 Å². The zero-order valence-corrected chi connectivity index (χ0v) is 8.14. The van der Waals surface area contributed by atoms with Crippen molar-refractivity contribution in [1.82, 2.24) is 5.32 Å². The van der Waals surface area contributed by atoms with Gasteiger partial charge in [0, 0.05) is 12.5 Å². The third-order valence-corrected chi connectivity index (χ3v) is 1.63.